The average molecular weight is 338 g/mol. The lowest BCUT2D eigenvalue weighted by Gasteiger charge is -2.09. The predicted octanol–water partition coefficient (Wildman–Crippen LogP) is 3.09. The molecule has 0 aliphatic heterocycles. The van der Waals surface area contributed by atoms with Crippen LogP contribution in [0.5, 0.6) is 0 Å². The Morgan fingerprint density at radius 2 is 1.52 bits per heavy atom. The molecule has 2 aromatic carbocycles. The fraction of sp³-hybridized carbons (Fsp3) is 0.250. The van der Waals surface area contributed by atoms with Crippen LogP contribution in [0.3, 0.4) is 0 Å². The number of amides is 2. The van der Waals surface area contributed by atoms with E-state index < -0.39 is 11.7 Å². The number of nitrogens with one attached hydrogen (secondary N) is 2. The van der Waals surface area contributed by atoms with Crippen LogP contribution in [0.1, 0.15) is 35.3 Å². The fourth-order valence-corrected chi connectivity index (χ4v) is 2.09. The quantitative estimate of drug-likeness (QED) is 0.628. The van der Waals surface area contributed by atoms with Crippen LogP contribution in [-0.4, -0.2) is 17.6 Å². The van der Waals surface area contributed by atoms with Gasteiger partial charge < -0.3 is 10.6 Å². The highest BCUT2D eigenvalue weighted by Gasteiger charge is 2.15. The van der Waals surface area contributed by atoms with E-state index in [0.717, 1.165) is 11.1 Å². The zero-order chi connectivity index (χ0) is 18.4. The molecule has 0 aliphatic carbocycles. The van der Waals surface area contributed by atoms with Gasteiger partial charge in [0.15, 0.2) is 0 Å². The maximum atomic E-state index is 12.1. The molecule has 130 valence electrons. The zero-order valence-electron chi connectivity index (χ0n) is 14.6. The van der Waals surface area contributed by atoms with Crippen LogP contribution in [0.25, 0.3) is 0 Å². The van der Waals surface area contributed by atoms with Crippen LogP contribution in [0.4, 0.5) is 5.69 Å². The first-order valence-electron chi connectivity index (χ1n) is 8.16. The minimum atomic E-state index is -0.638. The molecule has 0 bridgehead atoms. The number of Topliss-reactive ketones (excluding diaryl/α,β-unsaturated/α-hetero) is 1. The van der Waals surface area contributed by atoms with Gasteiger partial charge in [0.05, 0.1) is 0 Å². The van der Waals surface area contributed by atoms with Gasteiger partial charge in [-0.1, -0.05) is 55.8 Å². The minimum Gasteiger partial charge on any atom is -0.345 e. The second-order valence-electron chi connectivity index (χ2n) is 6.22. The third-order valence-electron chi connectivity index (χ3n) is 3.72. The summed E-state index contributed by atoms with van der Waals surface area (Å²) in [5.74, 6) is -1.33. The van der Waals surface area contributed by atoms with Gasteiger partial charge in [0, 0.05) is 23.7 Å². The van der Waals surface area contributed by atoms with Crippen molar-refractivity contribution < 1.29 is 14.4 Å². The molecule has 0 unspecified atom stereocenters. The van der Waals surface area contributed by atoms with Crippen molar-refractivity contribution in [3.63, 3.8) is 0 Å². The van der Waals surface area contributed by atoms with E-state index in [0.29, 0.717) is 11.3 Å². The predicted molar refractivity (Wildman–Crippen MR) is 97.3 cm³/mol. The van der Waals surface area contributed by atoms with Gasteiger partial charge in [0.1, 0.15) is 0 Å². The lowest BCUT2D eigenvalue weighted by molar-refractivity contribution is -0.119. The van der Waals surface area contributed by atoms with Crippen LogP contribution < -0.4 is 10.6 Å². The summed E-state index contributed by atoms with van der Waals surface area (Å²) in [4.78, 5) is 35.7. The third-order valence-corrected chi connectivity index (χ3v) is 3.72. The Kier molecular flexibility index (Phi) is 6.06. The molecule has 0 radical (unpaired) electrons. The van der Waals surface area contributed by atoms with E-state index in [1.54, 1.807) is 48.5 Å². The summed E-state index contributed by atoms with van der Waals surface area (Å²) in [5, 5.41) is 5.41. The molecule has 5 nitrogen and oxygen atoms in total. The number of aryl methyl sites for hydroxylation is 1. The van der Waals surface area contributed by atoms with Crippen molar-refractivity contribution in [1.29, 1.82) is 0 Å². The molecular formula is C20H22N2O3. The zero-order valence-corrected chi connectivity index (χ0v) is 14.6. The maximum Gasteiger partial charge on any atom is 0.292 e. The molecule has 2 amide bonds. The van der Waals surface area contributed by atoms with Gasteiger partial charge in [0.25, 0.3) is 5.91 Å². The Morgan fingerprint density at radius 1 is 0.920 bits per heavy atom. The van der Waals surface area contributed by atoms with E-state index in [1.165, 1.54) is 0 Å². The van der Waals surface area contributed by atoms with E-state index in [-0.39, 0.29) is 18.4 Å². The highest BCUT2D eigenvalue weighted by Crippen LogP contribution is 2.11. The summed E-state index contributed by atoms with van der Waals surface area (Å²) in [7, 11) is 0. The van der Waals surface area contributed by atoms with E-state index in [2.05, 4.69) is 10.6 Å². The van der Waals surface area contributed by atoms with Gasteiger partial charge in [-0.2, -0.15) is 0 Å². The summed E-state index contributed by atoms with van der Waals surface area (Å²) < 4.78 is 0. The van der Waals surface area contributed by atoms with Gasteiger partial charge in [0.2, 0.25) is 11.7 Å². The van der Waals surface area contributed by atoms with Crippen LogP contribution in [-0.2, 0) is 16.1 Å². The number of hydrogen-bond acceptors (Lipinski definition) is 3. The molecule has 0 aliphatic rings. The number of hydrogen-bond donors (Lipinski definition) is 2. The van der Waals surface area contributed by atoms with Crippen molar-refractivity contribution in [2.75, 3.05) is 5.32 Å². The van der Waals surface area contributed by atoms with Crippen molar-refractivity contribution in [1.82, 2.24) is 5.32 Å². The Hall–Kier alpha value is -2.95. The Balaban J connectivity index is 1.90. The van der Waals surface area contributed by atoms with Crippen molar-refractivity contribution >= 4 is 23.3 Å². The Bertz CT molecular complexity index is 763. The van der Waals surface area contributed by atoms with E-state index in [4.69, 9.17) is 0 Å². The number of carbonyl (C=O) groups is 3. The molecule has 0 saturated carbocycles. The summed E-state index contributed by atoms with van der Waals surface area (Å²) in [6, 6.07) is 14.0. The average Bonchev–Trinajstić information content (AvgIpc) is 2.60. The molecule has 0 spiro atoms. The van der Waals surface area contributed by atoms with Crippen LogP contribution >= 0.6 is 0 Å². The number of carbonyl (C=O) groups excluding carboxylic acids is 3. The Morgan fingerprint density at radius 3 is 2.08 bits per heavy atom. The second-order valence-corrected chi connectivity index (χ2v) is 6.22. The normalized spacial score (nSPS) is 10.4. The number of benzene rings is 2. The van der Waals surface area contributed by atoms with Gasteiger partial charge in [-0.15, -0.1) is 0 Å². The van der Waals surface area contributed by atoms with Crippen LogP contribution in [0, 0.1) is 12.8 Å². The van der Waals surface area contributed by atoms with Crippen LogP contribution in [0.2, 0.25) is 0 Å². The Labute approximate surface area is 147 Å². The van der Waals surface area contributed by atoms with Gasteiger partial charge >= 0.3 is 0 Å². The molecule has 2 aromatic rings. The number of anilines is 1. The smallest absolute Gasteiger partial charge is 0.292 e. The summed E-state index contributed by atoms with van der Waals surface area (Å²) in [6.45, 7) is 5.81. The molecular weight excluding hydrogens is 316 g/mol. The lowest BCUT2D eigenvalue weighted by Crippen LogP contribution is -2.30. The summed E-state index contributed by atoms with van der Waals surface area (Å²) in [6.07, 6.45) is 0. The molecule has 0 saturated heterocycles. The molecule has 0 heterocycles. The second kappa shape index (κ2) is 8.24. The van der Waals surface area contributed by atoms with Crippen molar-refractivity contribution in [2.45, 2.75) is 27.3 Å². The fourth-order valence-electron chi connectivity index (χ4n) is 2.09. The van der Waals surface area contributed by atoms with Crippen molar-refractivity contribution in [3.05, 3.63) is 65.2 Å². The SMILES string of the molecule is Cc1ccc(C(=O)C(=O)NCc2ccc(NC(=O)C(C)C)cc2)cc1. The van der Waals surface area contributed by atoms with E-state index >= 15 is 0 Å². The molecule has 2 N–H and O–H groups in total. The standard InChI is InChI=1S/C20H22N2O3/c1-13(2)19(24)22-17-10-6-15(7-11-17)12-21-20(25)18(23)16-8-4-14(3)5-9-16/h4-11,13H,12H2,1-3H3,(H,21,25)(H,22,24). The molecule has 0 fully saturated rings. The van der Waals surface area contributed by atoms with E-state index in [1.807, 2.05) is 20.8 Å². The molecule has 25 heavy (non-hydrogen) atoms. The van der Waals surface area contributed by atoms with E-state index in [9.17, 15) is 14.4 Å². The van der Waals surface area contributed by atoms with Gasteiger partial charge in [-0.25, -0.2) is 0 Å². The first-order chi connectivity index (χ1) is 11.9. The number of ketones is 1. The first-order valence-corrected chi connectivity index (χ1v) is 8.16. The largest absolute Gasteiger partial charge is 0.345 e. The molecule has 0 atom stereocenters. The van der Waals surface area contributed by atoms with Crippen LogP contribution in [0.15, 0.2) is 48.5 Å². The highest BCUT2D eigenvalue weighted by molar-refractivity contribution is 6.42. The number of rotatable bonds is 6. The monoisotopic (exact) mass is 338 g/mol. The third kappa shape index (κ3) is 5.28. The molecule has 5 heteroatoms. The first kappa shape index (κ1) is 18.4. The van der Waals surface area contributed by atoms with Gasteiger partial charge in [-0.3, -0.25) is 14.4 Å². The molecule has 0 aromatic heterocycles. The lowest BCUT2D eigenvalue weighted by atomic mass is 10.1. The summed E-state index contributed by atoms with van der Waals surface area (Å²) >= 11 is 0. The summed E-state index contributed by atoms with van der Waals surface area (Å²) in [5.41, 5.74) is 2.94. The van der Waals surface area contributed by atoms with Gasteiger partial charge in [-0.05, 0) is 24.6 Å². The molecule has 2 rings (SSSR count). The van der Waals surface area contributed by atoms with Crippen molar-refractivity contribution in [2.24, 2.45) is 5.92 Å². The topological polar surface area (TPSA) is 75.3 Å². The minimum absolute atomic E-state index is 0.0512. The highest BCUT2D eigenvalue weighted by atomic mass is 16.2. The maximum absolute atomic E-state index is 12.1. The van der Waals surface area contributed by atoms with Crippen molar-refractivity contribution in [3.8, 4) is 0 Å².